The van der Waals surface area contributed by atoms with Gasteiger partial charge in [-0.1, -0.05) is 18.2 Å². The molecule has 2 aromatic rings. The lowest BCUT2D eigenvalue weighted by molar-refractivity contribution is 0.713. The van der Waals surface area contributed by atoms with Gasteiger partial charge in [0.05, 0.1) is 0 Å². The second-order valence-corrected chi connectivity index (χ2v) is 5.37. The van der Waals surface area contributed by atoms with Crippen LogP contribution in [0.15, 0.2) is 29.6 Å². The van der Waals surface area contributed by atoms with Crippen molar-refractivity contribution in [2.75, 3.05) is 0 Å². The SMILES string of the molecule is Cc1ccsc1-c1cccc2c1CCC2N. The molecule has 0 saturated heterocycles. The van der Waals surface area contributed by atoms with Crippen LogP contribution in [0.2, 0.25) is 0 Å². The number of nitrogens with two attached hydrogens (primary N) is 1. The molecule has 3 rings (SSSR count). The largest absolute Gasteiger partial charge is 0.324 e. The van der Waals surface area contributed by atoms with Gasteiger partial charge in [-0.05, 0) is 53.5 Å². The number of thiophene rings is 1. The van der Waals surface area contributed by atoms with E-state index in [1.807, 2.05) is 11.3 Å². The van der Waals surface area contributed by atoms with Gasteiger partial charge in [0.2, 0.25) is 0 Å². The summed E-state index contributed by atoms with van der Waals surface area (Å²) in [6.45, 7) is 2.18. The first-order valence-corrected chi connectivity index (χ1v) is 6.57. The topological polar surface area (TPSA) is 26.0 Å². The zero-order chi connectivity index (χ0) is 11.1. The van der Waals surface area contributed by atoms with Crippen molar-refractivity contribution in [3.63, 3.8) is 0 Å². The molecule has 0 bridgehead atoms. The van der Waals surface area contributed by atoms with Gasteiger partial charge in [0, 0.05) is 10.9 Å². The molecule has 0 radical (unpaired) electrons. The Morgan fingerprint density at radius 3 is 2.94 bits per heavy atom. The Hall–Kier alpha value is -1.12. The Bertz CT molecular complexity index is 527. The van der Waals surface area contributed by atoms with Crippen LogP contribution in [0.25, 0.3) is 10.4 Å². The minimum atomic E-state index is 0.246. The molecular weight excluding hydrogens is 214 g/mol. The smallest absolute Gasteiger partial charge is 0.0374 e. The first kappa shape index (κ1) is 10.1. The summed E-state index contributed by atoms with van der Waals surface area (Å²) < 4.78 is 0. The van der Waals surface area contributed by atoms with Crippen LogP contribution in [0.3, 0.4) is 0 Å². The average Bonchev–Trinajstić information content (AvgIpc) is 2.86. The Labute approximate surface area is 99.9 Å². The van der Waals surface area contributed by atoms with Gasteiger partial charge in [0.1, 0.15) is 0 Å². The monoisotopic (exact) mass is 229 g/mol. The Kier molecular flexibility index (Phi) is 2.34. The molecule has 1 aliphatic carbocycles. The molecule has 2 N–H and O–H groups in total. The van der Waals surface area contributed by atoms with Gasteiger partial charge in [-0.3, -0.25) is 0 Å². The van der Waals surface area contributed by atoms with Gasteiger partial charge in [-0.15, -0.1) is 11.3 Å². The molecule has 16 heavy (non-hydrogen) atoms. The van der Waals surface area contributed by atoms with Crippen molar-refractivity contribution in [2.24, 2.45) is 5.73 Å². The lowest BCUT2D eigenvalue weighted by Gasteiger charge is -2.09. The van der Waals surface area contributed by atoms with Crippen molar-refractivity contribution in [2.45, 2.75) is 25.8 Å². The van der Waals surface area contributed by atoms with Crippen molar-refractivity contribution in [1.82, 2.24) is 0 Å². The zero-order valence-electron chi connectivity index (χ0n) is 9.36. The third kappa shape index (κ3) is 1.41. The predicted molar refractivity (Wildman–Crippen MR) is 69.7 cm³/mol. The highest BCUT2D eigenvalue weighted by molar-refractivity contribution is 7.13. The highest BCUT2D eigenvalue weighted by atomic mass is 32.1. The fourth-order valence-corrected chi connectivity index (χ4v) is 3.53. The molecule has 0 spiro atoms. The van der Waals surface area contributed by atoms with Crippen LogP contribution in [0.5, 0.6) is 0 Å². The van der Waals surface area contributed by atoms with Gasteiger partial charge in [0.25, 0.3) is 0 Å². The minimum Gasteiger partial charge on any atom is -0.324 e. The summed E-state index contributed by atoms with van der Waals surface area (Å²) in [7, 11) is 0. The maximum atomic E-state index is 6.11. The summed E-state index contributed by atoms with van der Waals surface area (Å²) in [4.78, 5) is 1.41. The molecule has 82 valence electrons. The Morgan fingerprint density at radius 1 is 1.31 bits per heavy atom. The fourth-order valence-electron chi connectivity index (χ4n) is 2.55. The number of hydrogen-bond acceptors (Lipinski definition) is 2. The second-order valence-electron chi connectivity index (χ2n) is 4.45. The van der Waals surface area contributed by atoms with Crippen molar-refractivity contribution < 1.29 is 0 Å². The summed E-state index contributed by atoms with van der Waals surface area (Å²) in [6.07, 6.45) is 2.22. The van der Waals surface area contributed by atoms with E-state index in [-0.39, 0.29) is 6.04 Å². The number of fused-ring (bicyclic) bond motifs is 1. The lowest BCUT2D eigenvalue weighted by atomic mass is 10.00. The van der Waals surface area contributed by atoms with E-state index in [0.29, 0.717) is 0 Å². The van der Waals surface area contributed by atoms with Gasteiger partial charge in [-0.2, -0.15) is 0 Å². The van der Waals surface area contributed by atoms with E-state index >= 15 is 0 Å². The van der Waals surface area contributed by atoms with E-state index in [9.17, 15) is 0 Å². The number of aryl methyl sites for hydroxylation is 1. The highest BCUT2D eigenvalue weighted by Crippen LogP contribution is 2.39. The summed E-state index contributed by atoms with van der Waals surface area (Å²) in [5, 5.41) is 2.17. The van der Waals surface area contributed by atoms with Crippen LogP contribution in [0, 0.1) is 6.92 Å². The van der Waals surface area contributed by atoms with Crippen LogP contribution >= 0.6 is 11.3 Å². The van der Waals surface area contributed by atoms with E-state index in [0.717, 1.165) is 12.8 Å². The molecule has 1 aromatic carbocycles. The van der Waals surface area contributed by atoms with Crippen LogP contribution in [-0.4, -0.2) is 0 Å². The van der Waals surface area contributed by atoms with Gasteiger partial charge < -0.3 is 5.73 Å². The van der Waals surface area contributed by atoms with Crippen LogP contribution < -0.4 is 5.73 Å². The molecule has 0 fully saturated rings. The zero-order valence-corrected chi connectivity index (χ0v) is 10.2. The Morgan fingerprint density at radius 2 is 2.19 bits per heavy atom. The van der Waals surface area contributed by atoms with Crippen molar-refractivity contribution in [1.29, 1.82) is 0 Å². The van der Waals surface area contributed by atoms with Crippen LogP contribution in [-0.2, 0) is 6.42 Å². The number of rotatable bonds is 1. The maximum absolute atomic E-state index is 6.11. The maximum Gasteiger partial charge on any atom is 0.0374 e. The average molecular weight is 229 g/mol. The molecule has 1 aliphatic rings. The first-order chi connectivity index (χ1) is 7.77. The van der Waals surface area contributed by atoms with Crippen molar-refractivity contribution in [3.05, 3.63) is 46.3 Å². The number of hydrogen-bond donors (Lipinski definition) is 1. The van der Waals surface area contributed by atoms with E-state index < -0.39 is 0 Å². The van der Waals surface area contributed by atoms with Crippen LogP contribution in [0.4, 0.5) is 0 Å². The van der Waals surface area contributed by atoms with Gasteiger partial charge >= 0.3 is 0 Å². The third-order valence-electron chi connectivity index (χ3n) is 3.42. The van der Waals surface area contributed by atoms with Gasteiger partial charge in [0.15, 0.2) is 0 Å². The summed E-state index contributed by atoms with van der Waals surface area (Å²) >= 11 is 1.83. The van der Waals surface area contributed by atoms with Crippen molar-refractivity contribution >= 4 is 11.3 Å². The lowest BCUT2D eigenvalue weighted by Crippen LogP contribution is -2.04. The molecular formula is C14H15NS. The summed E-state index contributed by atoms with van der Waals surface area (Å²) in [5.74, 6) is 0. The Balaban J connectivity index is 2.20. The predicted octanol–water partition coefficient (Wildman–Crippen LogP) is 3.67. The number of benzene rings is 1. The van der Waals surface area contributed by atoms with Crippen molar-refractivity contribution in [3.8, 4) is 10.4 Å². The summed E-state index contributed by atoms with van der Waals surface area (Å²) in [6, 6.07) is 8.98. The molecule has 0 aliphatic heterocycles. The van der Waals surface area contributed by atoms with E-state index in [2.05, 4.69) is 36.6 Å². The first-order valence-electron chi connectivity index (χ1n) is 5.69. The molecule has 1 heterocycles. The molecule has 2 heteroatoms. The quantitative estimate of drug-likeness (QED) is 0.793. The molecule has 0 amide bonds. The van der Waals surface area contributed by atoms with E-state index in [4.69, 9.17) is 5.73 Å². The highest BCUT2D eigenvalue weighted by Gasteiger charge is 2.22. The molecule has 0 saturated carbocycles. The molecule has 1 nitrogen and oxygen atoms in total. The standard InChI is InChI=1S/C14H15NS/c1-9-7-8-16-14(9)12-4-2-3-11-10(12)5-6-13(11)15/h2-4,7-8,13H,5-6,15H2,1H3. The molecule has 1 atom stereocenters. The normalized spacial score (nSPS) is 18.8. The second kappa shape index (κ2) is 3.72. The van der Waals surface area contributed by atoms with Crippen LogP contribution in [0.1, 0.15) is 29.2 Å². The summed E-state index contributed by atoms with van der Waals surface area (Å²) in [5.41, 5.74) is 11.7. The van der Waals surface area contributed by atoms with Gasteiger partial charge in [-0.25, -0.2) is 0 Å². The van der Waals surface area contributed by atoms with E-state index in [1.165, 1.54) is 27.1 Å². The van der Waals surface area contributed by atoms with E-state index in [1.54, 1.807) is 0 Å². The third-order valence-corrected chi connectivity index (χ3v) is 4.47. The fraction of sp³-hybridized carbons (Fsp3) is 0.286. The minimum absolute atomic E-state index is 0.246. The molecule has 1 aromatic heterocycles. The molecule has 1 unspecified atom stereocenters.